The molecule has 0 unspecified atom stereocenters. The minimum absolute atomic E-state index is 0.0945. The number of aromatic hydroxyl groups is 1. The van der Waals surface area contributed by atoms with E-state index in [0.717, 1.165) is 13.1 Å². The minimum Gasteiger partial charge on any atom is -0.505 e. The number of hydrogen-bond donors (Lipinski definition) is 1. The van der Waals surface area contributed by atoms with Crippen LogP contribution in [-0.4, -0.2) is 41.4 Å². The number of nitrogens with zero attached hydrogens (tertiary/aromatic N) is 3. The third kappa shape index (κ3) is 1.86. The summed E-state index contributed by atoms with van der Waals surface area (Å²) in [6.07, 6.45) is 2.80. The van der Waals surface area contributed by atoms with Gasteiger partial charge in [0.2, 0.25) is 5.95 Å². The topological polar surface area (TPSA) is 58.5 Å². The number of ether oxygens (including phenoxy) is 1. The molecule has 5 nitrogen and oxygen atoms in total. The average Bonchev–Trinajstić information content (AvgIpc) is 2.20. The first kappa shape index (κ1) is 8.25. The molecule has 1 fully saturated rings. The van der Waals surface area contributed by atoms with Gasteiger partial charge in [0.25, 0.3) is 0 Å². The van der Waals surface area contributed by atoms with Gasteiger partial charge in [-0.05, 0) is 0 Å². The van der Waals surface area contributed by atoms with Crippen LogP contribution in [0.5, 0.6) is 5.75 Å². The van der Waals surface area contributed by atoms with Crippen LogP contribution in [0.2, 0.25) is 0 Å². The second-order valence-corrected chi connectivity index (χ2v) is 2.84. The van der Waals surface area contributed by atoms with E-state index in [0.29, 0.717) is 19.2 Å². The lowest BCUT2D eigenvalue weighted by Gasteiger charge is -2.26. The predicted octanol–water partition coefficient (Wildman–Crippen LogP) is 0.0188. The molecular weight excluding hydrogens is 170 g/mol. The van der Waals surface area contributed by atoms with E-state index in [-0.39, 0.29) is 5.75 Å². The monoisotopic (exact) mass is 181 g/mol. The van der Waals surface area contributed by atoms with E-state index in [1.807, 2.05) is 4.90 Å². The van der Waals surface area contributed by atoms with E-state index >= 15 is 0 Å². The molecule has 1 aliphatic rings. The lowest BCUT2D eigenvalue weighted by Crippen LogP contribution is -2.37. The molecule has 1 saturated heterocycles. The SMILES string of the molecule is Oc1cnc(N2CCOCC2)nc1. The summed E-state index contributed by atoms with van der Waals surface area (Å²) in [4.78, 5) is 10.1. The highest BCUT2D eigenvalue weighted by molar-refractivity contribution is 5.31. The van der Waals surface area contributed by atoms with Crippen LogP contribution in [0.1, 0.15) is 0 Å². The lowest BCUT2D eigenvalue weighted by molar-refractivity contribution is 0.122. The summed E-state index contributed by atoms with van der Waals surface area (Å²) in [5.74, 6) is 0.748. The van der Waals surface area contributed by atoms with Crippen molar-refractivity contribution in [2.45, 2.75) is 0 Å². The van der Waals surface area contributed by atoms with E-state index in [9.17, 15) is 0 Å². The van der Waals surface area contributed by atoms with Gasteiger partial charge in [-0.15, -0.1) is 0 Å². The smallest absolute Gasteiger partial charge is 0.225 e. The molecular formula is C8H11N3O2. The Morgan fingerprint density at radius 2 is 1.85 bits per heavy atom. The van der Waals surface area contributed by atoms with Gasteiger partial charge in [0, 0.05) is 13.1 Å². The van der Waals surface area contributed by atoms with Crippen LogP contribution in [0.15, 0.2) is 12.4 Å². The highest BCUT2D eigenvalue weighted by atomic mass is 16.5. The molecule has 0 amide bonds. The summed E-state index contributed by atoms with van der Waals surface area (Å²) >= 11 is 0. The zero-order valence-electron chi connectivity index (χ0n) is 7.18. The summed E-state index contributed by atoms with van der Waals surface area (Å²) in [7, 11) is 0. The minimum atomic E-state index is 0.0945. The molecule has 0 aliphatic carbocycles. The molecule has 1 aliphatic heterocycles. The molecule has 1 N–H and O–H groups in total. The lowest BCUT2D eigenvalue weighted by atomic mass is 10.4. The molecule has 13 heavy (non-hydrogen) atoms. The van der Waals surface area contributed by atoms with Gasteiger partial charge in [0.1, 0.15) is 0 Å². The zero-order valence-corrected chi connectivity index (χ0v) is 7.18. The van der Waals surface area contributed by atoms with E-state index in [1.54, 1.807) is 0 Å². The van der Waals surface area contributed by atoms with Gasteiger partial charge in [-0.1, -0.05) is 0 Å². The van der Waals surface area contributed by atoms with Gasteiger partial charge in [0.15, 0.2) is 5.75 Å². The Morgan fingerprint density at radius 3 is 2.46 bits per heavy atom. The zero-order chi connectivity index (χ0) is 9.10. The highest BCUT2D eigenvalue weighted by Crippen LogP contribution is 2.11. The first-order chi connectivity index (χ1) is 6.36. The van der Waals surface area contributed by atoms with Gasteiger partial charge in [-0.2, -0.15) is 0 Å². The quantitative estimate of drug-likeness (QED) is 0.661. The molecule has 70 valence electrons. The molecule has 2 rings (SSSR count). The summed E-state index contributed by atoms with van der Waals surface area (Å²) in [5.41, 5.74) is 0. The van der Waals surface area contributed by atoms with E-state index < -0.39 is 0 Å². The standard InChI is InChI=1S/C8H11N3O2/c12-7-5-9-8(10-6-7)11-1-3-13-4-2-11/h5-6,12H,1-4H2. The first-order valence-electron chi connectivity index (χ1n) is 4.20. The maximum absolute atomic E-state index is 8.99. The highest BCUT2D eigenvalue weighted by Gasteiger charge is 2.12. The van der Waals surface area contributed by atoms with Crippen LogP contribution in [-0.2, 0) is 4.74 Å². The number of morpholine rings is 1. The Morgan fingerprint density at radius 1 is 1.23 bits per heavy atom. The van der Waals surface area contributed by atoms with Crippen LogP contribution in [0.3, 0.4) is 0 Å². The molecule has 0 radical (unpaired) electrons. The van der Waals surface area contributed by atoms with Crippen molar-refractivity contribution in [1.29, 1.82) is 0 Å². The number of rotatable bonds is 1. The Bertz CT molecular complexity index is 269. The van der Waals surface area contributed by atoms with Gasteiger partial charge in [-0.25, -0.2) is 9.97 Å². The van der Waals surface area contributed by atoms with Crippen molar-refractivity contribution in [3.05, 3.63) is 12.4 Å². The maximum Gasteiger partial charge on any atom is 0.225 e. The van der Waals surface area contributed by atoms with Crippen LogP contribution in [0, 0.1) is 0 Å². The summed E-state index contributed by atoms with van der Waals surface area (Å²) in [6.45, 7) is 3.05. The largest absolute Gasteiger partial charge is 0.505 e. The first-order valence-corrected chi connectivity index (χ1v) is 4.20. The van der Waals surface area contributed by atoms with Crippen molar-refractivity contribution >= 4 is 5.95 Å². The maximum atomic E-state index is 8.99. The van der Waals surface area contributed by atoms with Gasteiger partial charge in [-0.3, -0.25) is 0 Å². The Kier molecular flexibility index (Phi) is 2.27. The molecule has 2 heterocycles. The van der Waals surface area contributed by atoms with Crippen LogP contribution < -0.4 is 4.90 Å². The van der Waals surface area contributed by atoms with Crippen molar-refractivity contribution < 1.29 is 9.84 Å². The molecule has 1 aromatic rings. The fourth-order valence-electron chi connectivity index (χ4n) is 1.24. The summed E-state index contributed by atoms with van der Waals surface area (Å²) in [5, 5.41) is 8.99. The van der Waals surface area contributed by atoms with E-state index in [4.69, 9.17) is 9.84 Å². The third-order valence-electron chi connectivity index (χ3n) is 1.92. The van der Waals surface area contributed by atoms with Gasteiger partial charge in [0.05, 0.1) is 25.6 Å². The van der Waals surface area contributed by atoms with Crippen molar-refractivity contribution in [3.63, 3.8) is 0 Å². The number of aromatic nitrogens is 2. The van der Waals surface area contributed by atoms with Crippen LogP contribution in [0.4, 0.5) is 5.95 Å². The Labute approximate surface area is 76.0 Å². The van der Waals surface area contributed by atoms with Crippen LogP contribution in [0.25, 0.3) is 0 Å². The fraction of sp³-hybridized carbons (Fsp3) is 0.500. The van der Waals surface area contributed by atoms with Crippen molar-refractivity contribution in [1.82, 2.24) is 9.97 Å². The third-order valence-corrected chi connectivity index (χ3v) is 1.92. The average molecular weight is 181 g/mol. The predicted molar refractivity (Wildman–Crippen MR) is 46.7 cm³/mol. The number of hydrogen-bond acceptors (Lipinski definition) is 5. The van der Waals surface area contributed by atoms with E-state index in [1.165, 1.54) is 12.4 Å². The Hall–Kier alpha value is -1.36. The molecule has 0 spiro atoms. The molecule has 5 heteroatoms. The second-order valence-electron chi connectivity index (χ2n) is 2.84. The molecule has 0 saturated carbocycles. The normalized spacial score (nSPS) is 17.4. The van der Waals surface area contributed by atoms with Crippen LogP contribution >= 0.6 is 0 Å². The summed E-state index contributed by atoms with van der Waals surface area (Å²) in [6, 6.07) is 0. The van der Waals surface area contributed by atoms with Crippen molar-refractivity contribution in [2.75, 3.05) is 31.2 Å². The molecule has 0 bridgehead atoms. The number of anilines is 1. The van der Waals surface area contributed by atoms with Crippen molar-refractivity contribution in [3.8, 4) is 5.75 Å². The van der Waals surface area contributed by atoms with E-state index in [2.05, 4.69) is 9.97 Å². The fourth-order valence-corrected chi connectivity index (χ4v) is 1.24. The summed E-state index contributed by atoms with van der Waals surface area (Å²) < 4.78 is 5.20. The molecule has 0 atom stereocenters. The second kappa shape index (κ2) is 3.57. The van der Waals surface area contributed by atoms with Gasteiger partial charge >= 0.3 is 0 Å². The molecule has 0 aromatic carbocycles. The Balaban J connectivity index is 2.10. The molecule has 1 aromatic heterocycles. The van der Waals surface area contributed by atoms with Gasteiger partial charge < -0.3 is 14.7 Å². The van der Waals surface area contributed by atoms with Crippen molar-refractivity contribution in [2.24, 2.45) is 0 Å².